The molecule has 5 heteroatoms. The molecule has 2 aromatic rings. The molecule has 0 saturated heterocycles. The molecular weight excluding hydrogens is 201 g/mol. The van der Waals surface area contributed by atoms with Crippen molar-refractivity contribution in [1.82, 2.24) is 15.2 Å². The highest BCUT2D eigenvalue weighted by Gasteiger charge is 2.05. The zero-order valence-electron chi connectivity index (χ0n) is 7.47. The van der Waals surface area contributed by atoms with Crippen LogP contribution < -0.4 is 0 Å². The molecule has 3 nitrogen and oxygen atoms in total. The lowest BCUT2D eigenvalue weighted by Crippen LogP contribution is -1.87. The van der Waals surface area contributed by atoms with Crippen molar-refractivity contribution >= 4 is 12.2 Å². The Balaban J connectivity index is 2.61. The van der Waals surface area contributed by atoms with Gasteiger partial charge in [0.2, 0.25) is 4.77 Å². The SMILES string of the molecule is Cc1ccc(F)cc1-c1nc(=S)[nH][nH]1. The Labute approximate surface area is 85.0 Å². The summed E-state index contributed by atoms with van der Waals surface area (Å²) in [5, 5.41) is 5.45. The number of H-pyrrole nitrogens is 2. The maximum Gasteiger partial charge on any atom is 0.213 e. The lowest BCUT2D eigenvalue weighted by atomic mass is 10.1. The molecule has 14 heavy (non-hydrogen) atoms. The van der Waals surface area contributed by atoms with Gasteiger partial charge in [-0.05, 0) is 36.8 Å². The van der Waals surface area contributed by atoms with Crippen LogP contribution in [0.4, 0.5) is 4.39 Å². The summed E-state index contributed by atoms with van der Waals surface area (Å²) in [5.41, 5.74) is 1.67. The topological polar surface area (TPSA) is 44.5 Å². The molecule has 0 atom stereocenters. The molecule has 0 fully saturated rings. The highest BCUT2D eigenvalue weighted by Crippen LogP contribution is 2.19. The highest BCUT2D eigenvalue weighted by atomic mass is 32.1. The van der Waals surface area contributed by atoms with E-state index in [1.165, 1.54) is 12.1 Å². The van der Waals surface area contributed by atoms with Crippen LogP contribution in [0.5, 0.6) is 0 Å². The van der Waals surface area contributed by atoms with Crippen LogP contribution in [-0.4, -0.2) is 15.2 Å². The minimum absolute atomic E-state index is 0.284. The first-order chi connectivity index (χ1) is 6.66. The summed E-state index contributed by atoms with van der Waals surface area (Å²) in [6.45, 7) is 1.89. The number of aromatic amines is 2. The summed E-state index contributed by atoms with van der Waals surface area (Å²) in [4.78, 5) is 4.02. The van der Waals surface area contributed by atoms with E-state index in [9.17, 15) is 4.39 Å². The number of halogens is 1. The second-order valence-electron chi connectivity index (χ2n) is 2.97. The van der Waals surface area contributed by atoms with Gasteiger partial charge in [0.05, 0.1) is 0 Å². The molecule has 1 aromatic carbocycles. The second kappa shape index (κ2) is 3.34. The number of hydrogen-bond acceptors (Lipinski definition) is 2. The summed E-state index contributed by atoms with van der Waals surface area (Å²) in [7, 11) is 0. The van der Waals surface area contributed by atoms with Gasteiger partial charge in [0.15, 0.2) is 5.82 Å². The van der Waals surface area contributed by atoms with E-state index >= 15 is 0 Å². The van der Waals surface area contributed by atoms with E-state index in [0.29, 0.717) is 10.6 Å². The first-order valence-electron chi connectivity index (χ1n) is 4.08. The smallest absolute Gasteiger partial charge is 0.213 e. The van der Waals surface area contributed by atoms with Crippen molar-refractivity contribution in [2.24, 2.45) is 0 Å². The summed E-state index contributed by atoms with van der Waals surface area (Å²) < 4.78 is 13.3. The lowest BCUT2D eigenvalue weighted by Gasteiger charge is -2.00. The van der Waals surface area contributed by atoms with Crippen molar-refractivity contribution in [1.29, 1.82) is 0 Å². The van der Waals surface area contributed by atoms with Crippen molar-refractivity contribution in [3.63, 3.8) is 0 Å². The summed E-state index contributed by atoms with van der Waals surface area (Å²) >= 11 is 4.82. The fraction of sp³-hybridized carbons (Fsp3) is 0.111. The fourth-order valence-corrected chi connectivity index (χ4v) is 1.39. The molecule has 0 amide bonds. The molecule has 1 heterocycles. The van der Waals surface area contributed by atoms with E-state index in [-0.39, 0.29) is 5.82 Å². The van der Waals surface area contributed by atoms with Crippen LogP contribution in [-0.2, 0) is 0 Å². The fourth-order valence-electron chi connectivity index (χ4n) is 1.25. The number of rotatable bonds is 1. The molecule has 1 aromatic heterocycles. The maximum atomic E-state index is 13.0. The number of benzene rings is 1. The van der Waals surface area contributed by atoms with Crippen molar-refractivity contribution in [2.45, 2.75) is 6.92 Å². The van der Waals surface area contributed by atoms with Gasteiger partial charge < -0.3 is 0 Å². The molecule has 72 valence electrons. The molecule has 2 N–H and O–H groups in total. The molecular formula is C9H8FN3S. The average molecular weight is 209 g/mol. The third-order valence-electron chi connectivity index (χ3n) is 1.96. The van der Waals surface area contributed by atoms with Crippen LogP contribution >= 0.6 is 12.2 Å². The minimum atomic E-state index is -0.284. The van der Waals surface area contributed by atoms with E-state index < -0.39 is 0 Å². The molecule has 0 spiro atoms. The van der Waals surface area contributed by atoms with Crippen LogP contribution in [0.3, 0.4) is 0 Å². The molecule has 0 aliphatic rings. The van der Waals surface area contributed by atoms with E-state index in [1.54, 1.807) is 6.07 Å². The Morgan fingerprint density at radius 2 is 2.14 bits per heavy atom. The zero-order chi connectivity index (χ0) is 10.1. The number of aromatic nitrogens is 3. The first kappa shape index (κ1) is 9.08. The number of hydrogen-bond donors (Lipinski definition) is 2. The predicted octanol–water partition coefficient (Wildman–Crippen LogP) is 2.58. The molecule has 0 radical (unpaired) electrons. The summed E-state index contributed by atoms with van der Waals surface area (Å²) in [5.74, 6) is 0.278. The van der Waals surface area contributed by atoms with Gasteiger partial charge in [-0.15, -0.1) is 0 Å². The van der Waals surface area contributed by atoms with E-state index in [4.69, 9.17) is 12.2 Å². The van der Waals surface area contributed by atoms with Gasteiger partial charge >= 0.3 is 0 Å². The minimum Gasteiger partial charge on any atom is -0.282 e. The van der Waals surface area contributed by atoms with Gasteiger partial charge in [0, 0.05) is 5.56 Å². The van der Waals surface area contributed by atoms with Gasteiger partial charge in [0.25, 0.3) is 0 Å². The van der Waals surface area contributed by atoms with Crippen LogP contribution in [0.15, 0.2) is 18.2 Å². The standard InChI is InChI=1S/C9H8FN3S/c1-5-2-3-6(10)4-7(5)8-11-9(14)13-12-8/h2-4H,1H3,(H2,11,12,13,14). The van der Waals surface area contributed by atoms with Crippen molar-refractivity contribution in [3.8, 4) is 11.4 Å². The Morgan fingerprint density at radius 3 is 2.79 bits per heavy atom. The zero-order valence-corrected chi connectivity index (χ0v) is 8.28. The van der Waals surface area contributed by atoms with Gasteiger partial charge in [-0.3, -0.25) is 10.2 Å². The van der Waals surface area contributed by atoms with Crippen molar-refractivity contribution < 1.29 is 4.39 Å². The van der Waals surface area contributed by atoms with Gasteiger partial charge in [0.1, 0.15) is 5.82 Å². The Hall–Kier alpha value is -1.49. The summed E-state index contributed by atoms with van der Waals surface area (Å²) in [6.07, 6.45) is 0. The maximum absolute atomic E-state index is 13.0. The monoisotopic (exact) mass is 209 g/mol. The number of nitrogens with zero attached hydrogens (tertiary/aromatic N) is 1. The normalized spacial score (nSPS) is 10.4. The van der Waals surface area contributed by atoms with Crippen molar-refractivity contribution in [3.05, 3.63) is 34.4 Å². The predicted molar refractivity (Wildman–Crippen MR) is 53.9 cm³/mol. The van der Waals surface area contributed by atoms with Crippen molar-refractivity contribution in [2.75, 3.05) is 0 Å². The number of nitrogens with one attached hydrogen (secondary N) is 2. The average Bonchev–Trinajstić information content (AvgIpc) is 2.56. The summed E-state index contributed by atoms with van der Waals surface area (Å²) in [6, 6.07) is 4.55. The first-order valence-corrected chi connectivity index (χ1v) is 4.49. The Morgan fingerprint density at radius 1 is 1.36 bits per heavy atom. The van der Waals surface area contributed by atoms with Crippen LogP contribution in [0.2, 0.25) is 0 Å². The second-order valence-corrected chi connectivity index (χ2v) is 3.36. The van der Waals surface area contributed by atoms with Gasteiger partial charge in [-0.1, -0.05) is 6.07 Å². The Bertz CT molecular complexity index is 515. The number of aryl methyl sites for hydroxylation is 1. The molecule has 2 rings (SSSR count). The van der Waals surface area contributed by atoms with Gasteiger partial charge in [-0.2, -0.15) is 4.98 Å². The van der Waals surface area contributed by atoms with E-state index in [1.807, 2.05) is 6.92 Å². The van der Waals surface area contributed by atoms with Gasteiger partial charge in [-0.25, -0.2) is 4.39 Å². The van der Waals surface area contributed by atoms with Crippen LogP contribution in [0, 0.1) is 17.5 Å². The molecule has 0 aliphatic carbocycles. The third-order valence-corrected chi connectivity index (χ3v) is 2.15. The molecule has 0 bridgehead atoms. The largest absolute Gasteiger partial charge is 0.282 e. The Kier molecular flexibility index (Phi) is 2.17. The molecule has 0 aliphatic heterocycles. The quantitative estimate of drug-likeness (QED) is 0.709. The van der Waals surface area contributed by atoms with E-state index in [0.717, 1.165) is 11.1 Å². The lowest BCUT2D eigenvalue weighted by molar-refractivity contribution is 0.628. The molecule has 0 unspecified atom stereocenters. The highest BCUT2D eigenvalue weighted by molar-refractivity contribution is 7.71. The third kappa shape index (κ3) is 1.58. The van der Waals surface area contributed by atoms with E-state index in [2.05, 4.69) is 15.2 Å². The molecule has 0 saturated carbocycles. The van der Waals surface area contributed by atoms with Crippen LogP contribution in [0.25, 0.3) is 11.4 Å². The van der Waals surface area contributed by atoms with Crippen LogP contribution in [0.1, 0.15) is 5.56 Å².